The van der Waals surface area contributed by atoms with Crippen molar-refractivity contribution >= 4 is 35.1 Å². The number of hydrogen-bond acceptors (Lipinski definition) is 5. The fraction of sp³-hybridized carbons (Fsp3) is 0.208. The second kappa shape index (κ2) is 9.63. The Bertz CT molecular complexity index is 1220. The standard InChI is InChI=1S/C24H22ClN3O3S/c1-3-11-32-24-27-23(30)21-19(13-20(29)26-22(21)28(24)2)16-7-9-18(10-8-16)31-14-15-5-4-6-17(25)12-15/h3-10,12,19H,1,11,13-14H2,2H3,(H,26,29). The number of rotatable bonds is 7. The lowest BCUT2D eigenvalue weighted by Crippen LogP contribution is -2.33. The van der Waals surface area contributed by atoms with Crippen molar-refractivity contribution in [3.63, 3.8) is 0 Å². The van der Waals surface area contributed by atoms with Crippen LogP contribution >= 0.6 is 23.4 Å². The number of carbonyl (C=O) groups excluding carboxylic acids is 1. The average Bonchev–Trinajstić information content (AvgIpc) is 2.79. The Morgan fingerprint density at radius 1 is 1.28 bits per heavy atom. The molecule has 0 bridgehead atoms. The van der Waals surface area contributed by atoms with Gasteiger partial charge in [0.2, 0.25) is 5.91 Å². The molecule has 1 aromatic heterocycles. The summed E-state index contributed by atoms with van der Waals surface area (Å²) >= 11 is 7.42. The van der Waals surface area contributed by atoms with Crippen molar-refractivity contribution in [2.75, 3.05) is 11.1 Å². The zero-order chi connectivity index (χ0) is 22.7. The summed E-state index contributed by atoms with van der Waals surface area (Å²) in [6.07, 6.45) is 1.93. The third-order valence-corrected chi connectivity index (χ3v) is 6.47. The molecule has 164 valence electrons. The largest absolute Gasteiger partial charge is 0.489 e. The van der Waals surface area contributed by atoms with E-state index in [1.54, 1.807) is 17.7 Å². The van der Waals surface area contributed by atoms with E-state index in [1.165, 1.54) is 11.8 Å². The summed E-state index contributed by atoms with van der Waals surface area (Å²) in [4.78, 5) is 29.6. The number of carbonyl (C=O) groups is 1. The van der Waals surface area contributed by atoms with Gasteiger partial charge >= 0.3 is 0 Å². The number of aromatic nitrogens is 2. The van der Waals surface area contributed by atoms with Gasteiger partial charge in [0.1, 0.15) is 18.2 Å². The Morgan fingerprint density at radius 3 is 2.78 bits per heavy atom. The highest BCUT2D eigenvalue weighted by Crippen LogP contribution is 2.36. The second-order valence-corrected chi connectivity index (χ2v) is 8.84. The minimum Gasteiger partial charge on any atom is -0.489 e. The van der Waals surface area contributed by atoms with Crippen LogP contribution in [0.15, 0.2) is 71.1 Å². The van der Waals surface area contributed by atoms with Crippen LogP contribution in [-0.4, -0.2) is 21.2 Å². The van der Waals surface area contributed by atoms with Gasteiger partial charge in [-0.3, -0.25) is 9.59 Å². The first-order valence-electron chi connectivity index (χ1n) is 10.1. The van der Waals surface area contributed by atoms with Gasteiger partial charge in [0.05, 0.1) is 5.56 Å². The lowest BCUT2D eigenvalue weighted by molar-refractivity contribution is -0.116. The van der Waals surface area contributed by atoms with Crippen LogP contribution in [0.1, 0.15) is 29.0 Å². The predicted molar refractivity (Wildman–Crippen MR) is 128 cm³/mol. The summed E-state index contributed by atoms with van der Waals surface area (Å²) < 4.78 is 7.61. The third-order valence-electron chi connectivity index (χ3n) is 5.21. The maximum absolute atomic E-state index is 12.9. The molecule has 0 fully saturated rings. The van der Waals surface area contributed by atoms with Crippen molar-refractivity contribution in [2.24, 2.45) is 7.05 Å². The summed E-state index contributed by atoms with van der Waals surface area (Å²) in [5.74, 6) is 1.30. The van der Waals surface area contributed by atoms with E-state index in [1.807, 2.05) is 48.5 Å². The van der Waals surface area contributed by atoms with Gasteiger partial charge in [-0.2, -0.15) is 4.98 Å². The number of ether oxygens (including phenoxy) is 1. The van der Waals surface area contributed by atoms with Crippen LogP contribution in [0, 0.1) is 0 Å². The third kappa shape index (κ3) is 4.74. The molecule has 8 heteroatoms. The molecule has 6 nitrogen and oxygen atoms in total. The first-order valence-corrected chi connectivity index (χ1v) is 11.4. The molecule has 1 aliphatic rings. The van der Waals surface area contributed by atoms with Gasteiger partial charge in [-0.1, -0.05) is 53.7 Å². The van der Waals surface area contributed by atoms with Gasteiger partial charge in [-0.15, -0.1) is 6.58 Å². The van der Waals surface area contributed by atoms with Crippen molar-refractivity contribution in [3.05, 3.63) is 93.3 Å². The molecule has 4 rings (SSSR count). The molecular formula is C24H22ClN3O3S. The summed E-state index contributed by atoms with van der Waals surface area (Å²) in [7, 11) is 1.80. The maximum atomic E-state index is 12.9. The number of fused-ring (bicyclic) bond motifs is 1. The highest BCUT2D eigenvalue weighted by Gasteiger charge is 2.32. The van der Waals surface area contributed by atoms with Crippen molar-refractivity contribution in [3.8, 4) is 5.75 Å². The van der Waals surface area contributed by atoms with E-state index < -0.39 is 0 Å². The summed E-state index contributed by atoms with van der Waals surface area (Å²) in [5.41, 5.74) is 2.01. The molecule has 3 aromatic rings. The van der Waals surface area contributed by atoms with E-state index in [4.69, 9.17) is 16.3 Å². The summed E-state index contributed by atoms with van der Waals surface area (Å²) in [6.45, 7) is 4.09. The van der Waals surface area contributed by atoms with E-state index in [0.717, 1.165) is 11.1 Å². The van der Waals surface area contributed by atoms with Crippen molar-refractivity contribution < 1.29 is 9.53 Å². The van der Waals surface area contributed by atoms with Crippen LogP contribution in [0.5, 0.6) is 5.75 Å². The van der Waals surface area contributed by atoms with Crippen LogP contribution in [0.3, 0.4) is 0 Å². The SMILES string of the molecule is C=CCSc1nc(=O)c2c(n1C)NC(=O)CC2c1ccc(OCc2cccc(Cl)c2)cc1. The summed E-state index contributed by atoms with van der Waals surface area (Å²) in [6, 6.07) is 15.0. The highest BCUT2D eigenvalue weighted by molar-refractivity contribution is 7.99. The van der Waals surface area contributed by atoms with Crippen molar-refractivity contribution in [1.29, 1.82) is 0 Å². The van der Waals surface area contributed by atoms with Crippen molar-refractivity contribution in [1.82, 2.24) is 9.55 Å². The smallest absolute Gasteiger partial charge is 0.279 e. The Hall–Kier alpha value is -3.03. The molecule has 0 aliphatic carbocycles. The Morgan fingerprint density at radius 2 is 2.06 bits per heavy atom. The molecule has 1 N–H and O–H groups in total. The Balaban J connectivity index is 1.59. The average molecular weight is 468 g/mol. The van der Waals surface area contributed by atoms with Crippen LogP contribution < -0.4 is 15.6 Å². The van der Waals surface area contributed by atoms with Crippen molar-refractivity contribution in [2.45, 2.75) is 24.1 Å². The monoisotopic (exact) mass is 467 g/mol. The number of anilines is 1. The van der Waals surface area contributed by atoms with Crippen LogP contribution in [-0.2, 0) is 18.4 Å². The Labute approximate surface area is 195 Å². The van der Waals surface area contributed by atoms with Gasteiger partial charge in [0.25, 0.3) is 5.56 Å². The molecule has 0 saturated heterocycles. The second-order valence-electron chi connectivity index (χ2n) is 7.41. The number of amides is 1. The number of benzene rings is 2. The predicted octanol–water partition coefficient (Wildman–Crippen LogP) is 4.76. The van der Waals surface area contributed by atoms with Gasteiger partial charge in [-0.25, -0.2) is 0 Å². The minimum absolute atomic E-state index is 0.135. The molecular weight excluding hydrogens is 446 g/mol. The normalized spacial score (nSPS) is 15.1. The maximum Gasteiger partial charge on any atom is 0.279 e. The molecule has 0 spiro atoms. The number of nitrogens with zero attached hydrogens (tertiary/aromatic N) is 2. The van der Waals surface area contributed by atoms with Gasteiger partial charge in [0.15, 0.2) is 5.16 Å². The molecule has 1 aliphatic heterocycles. The number of nitrogens with one attached hydrogen (secondary N) is 1. The molecule has 1 amide bonds. The topological polar surface area (TPSA) is 73.2 Å². The first-order chi connectivity index (χ1) is 15.5. The van der Waals surface area contributed by atoms with E-state index in [0.29, 0.717) is 39.7 Å². The quantitative estimate of drug-likeness (QED) is 0.308. The van der Waals surface area contributed by atoms with E-state index in [2.05, 4.69) is 16.9 Å². The van der Waals surface area contributed by atoms with Crippen LogP contribution in [0.2, 0.25) is 5.02 Å². The highest BCUT2D eigenvalue weighted by atomic mass is 35.5. The molecule has 32 heavy (non-hydrogen) atoms. The fourth-order valence-corrected chi connectivity index (χ4v) is 4.58. The molecule has 2 heterocycles. The molecule has 0 radical (unpaired) electrons. The Kier molecular flexibility index (Phi) is 6.67. The first kappa shape index (κ1) is 22.2. The minimum atomic E-state index is -0.370. The number of halogens is 1. The van der Waals surface area contributed by atoms with Crippen LogP contribution in [0.25, 0.3) is 0 Å². The van der Waals surface area contributed by atoms with E-state index in [9.17, 15) is 9.59 Å². The van der Waals surface area contributed by atoms with Crippen LogP contribution in [0.4, 0.5) is 5.82 Å². The van der Waals surface area contributed by atoms with E-state index in [-0.39, 0.29) is 23.8 Å². The molecule has 1 atom stereocenters. The fourth-order valence-electron chi connectivity index (χ4n) is 3.67. The van der Waals surface area contributed by atoms with E-state index >= 15 is 0 Å². The molecule has 1 unspecified atom stereocenters. The number of hydrogen-bond donors (Lipinski definition) is 1. The number of thioether (sulfide) groups is 1. The molecule has 0 saturated carbocycles. The summed E-state index contributed by atoms with van der Waals surface area (Å²) in [5, 5.41) is 4.05. The van der Waals surface area contributed by atoms with Gasteiger partial charge in [0, 0.05) is 30.2 Å². The lowest BCUT2D eigenvalue weighted by atomic mass is 9.87. The zero-order valence-electron chi connectivity index (χ0n) is 17.5. The van der Waals surface area contributed by atoms with Gasteiger partial charge in [-0.05, 0) is 35.4 Å². The zero-order valence-corrected chi connectivity index (χ0v) is 19.1. The lowest BCUT2D eigenvalue weighted by Gasteiger charge is -2.27. The molecule has 2 aromatic carbocycles. The van der Waals surface area contributed by atoms with Gasteiger partial charge < -0.3 is 14.6 Å².